The van der Waals surface area contributed by atoms with Crippen molar-refractivity contribution in [2.45, 2.75) is 31.6 Å². The Balaban J connectivity index is 2.30. The predicted molar refractivity (Wildman–Crippen MR) is 78.9 cm³/mol. The second kappa shape index (κ2) is 4.77. The van der Waals surface area contributed by atoms with E-state index in [1.54, 1.807) is 11.0 Å². The topological polar surface area (TPSA) is 80.5 Å². The molecule has 2 N–H and O–H groups in total. The summed E-state index contributed by atoms with van der Waals surface area (Å²) in [6.07, 6.45) is 1.79. The van der Waals surface area contributed by atoms with Gasteiger partial charge in [0.1, 0.15) is 4.75 Å². The Bertz CT molecular complexity index is 650. The van der Waals surface area contributed by atoms with Crippen LogP contribution in [0.25, 0.3) is 0 Å². The molecule has 1 aromatic rings. The van der Waals surface area contributed by atoms with Gasteiger partial charge in [0, 0.05) is 25.0 Å². The highest BCUT2D eigenvalue weighted by Gasteiger charge is 2.42. The lowest BCUT2D eigenvalue weighted by molar-refractivity contribution is -0.134. The summed E-state index contributed by atoms with van der Waals surface area (Å²) in [5.41, 5.74) is 8.65. The molecule has 1 aromatic carbocycles. The third-order valence-corrected chi connectivity index (χ3v) is 6.07. The van der Waals surface area contributed by atoms with Crippen LogP contribution in [0.3, 0.4) is 0 Å². The van der Waals surface area contributed by atoms with E-state index in [4.69, 9.17) is 5.73 Å². The van der Waals surface area contributed by atoms with Crippen LogP contribution >= 0.6 is 0 Å². The SMILES string of the molecule is CC(C)(C(=O)N1CCc2cccc(N)c2C1)S(C)(=O)=O. The number of rotatable bonds is 2. The number of carbonyl (C=O) groups excluding carboxylic acids is 1. The lowest BCUT2D eigenvalue weighted by Crippen LogP contribution is -2.51. The molecular weight excluding hydrogens is 276 g/mol. The fraction of sp³-hybridized carbons (Fsp3) is 0.500. The summed E-state index contributed by atoms with van der Waals surface area (Å²) in [6.45, 7) is 3.80. The van der Waals surface area contributed by atoms with Gasteiger partial charge in [-0.3, -0.25) is 4.79 Å². The summed E-state index contributed by atoms with van der Waals surface area (Å²) >= 11 is 0. The van der Waals surface area contributed by atoms with E-state index in [2.05, 4.69) is 0 Å². The average Bonchev–Trinajstić information content (AvgIpc) is 2.36. The van der Waals surface area contributed by atoms with E-state index >= 15 is 0 Å². The summed E-state index contributed by atoms with van der Waals surface area (Å²) in [5.74, 6) is -0.367. The zero-order valence-electron chi connectivity index (χ0n) is 12.0. The minimum atomic E-state index is -3.46. The normalized spacial score (nSPS) is 15.8. The first kappa shape index (κ1) is 14.8. The molecule has 5 nitrogen and oxygen atoms in total. The first-order valence-corrected chi connectivity index (χ1v) is 8.39. The minimum Gasteiger partial charge on any atom is -0.398 e. The van der Waals surface area contributed by atoms with Gasteiger partial charge in [-0.05, 0) is 37.5 Å². The van der Waals surface area contributed by atoms with E-state index < -0.39 is 14.6 Å². The Hall–Kier alpha value is -1.56. The molecule has 1 amide bonds. The quantitative estimate of drug-likeness (QED) is 0.825. The molecule has 0 radical (unpaired) electrons. The molecule has 0 spiro atoms. The summed E-state index contributed by atoms with van der Waals surface area (Å²) in [4.78, 5) is 14.1. The van der Waals surface area contributed by atoms with Crippen molar-refractivity contribution in [2.75, 3.05) is 18.5 Å². The van der Waals surface area contributed by atoms with E-state index in [0.717, 1.165) is 17.4 Å². The van der Waals surface area contributed by atoms with Crippen LogP contribution in [0, 0.1) is 0 Å². The number of carbonyl (C=O) groups is 1. The van der Waals surface area contributed by atoms with E-state index in [0.29, 0.717) is 25.2 Å². The molecule has 0 aromatic heterocycles. The molecule has 0 aliphatic carbocycles. The van der Waals surface area contributed by atoms with Crippen molar-refractivity contribution in [3.63, 3.8) is 0 Å². The summed E-state index contributed by atoms with van der Waals surface area (Å²) < 4.78 is 22.1. The first-order chi connectivity index (χ1) is 9.14. The van der Waals surface area contributed by atoms with Crippen LogP contribution in [0.1, 0.15) is 25.0 Å². The molecule has 0 unspecified atom stereocenters. The molecule has 1 heterocycles. The maximum atomic E-state index is 12.5. The largest absolute Gasteiger partial charge is 0.398 e. The second-order valence-corrected chi connectivity index (χ2v) is 8.31. The van der Waals surface area contributed by atoms with Crippen LogP contribution in [0.4, 0.5) is 5.69 Å². The fourth-order valence-electron chi connectivity index (χ4n) is 2.32. The summed E-state index contributed by atoms with van der Waals surface area (Å²) in [7, 11) is -3.46. The van der Waals surface area contributed by atoms with Gasteiger partial charge in [0.2, 0.25) is 5.91 Å². The monoisotopic (exact) mass is 296 g/mol. The van der Waals surface area contributed by atoms with Crippen molar-refractivity contribution in [2.24, 2.45) is 0 Å². The van der Waals surface area contributed by atoms with E-state index in [9.17, 15) is 13.2 Å². The van der Waals surface area contributed by atoms with Crippen LogP contribution in [0.5, 0.6) is 0 Å². The molecule has 110 valence electrons. The van der Waals surface area contributed by atoms with E-state index in [1.807, 2.05) is 12.1 Å². The highest BCUT2D eigenvalue weighted by Crippen LogP contribution is 2.27. The predicted octanol–water partition coefficient (Wildman–Crippen LogP) is 0.977. The maximum Gasteiger partial charge on any atom is 0.243 e. The number of amides is 1. The van der Waals surface area contributed by atoms with Crippen molar-refractivity contribution in [1.29, 1.82) is 0 Å². The zero-order valence-corrected chi connectivity index (χ0v) is 12.8. The van der Waals surface area contributed by atoms with Gasteiger partial charge in [-0.25, -0.2) is 8.42 Å². The molecule has 20 heavy (non-hydrogen) atoms. The molecule has 6 heteroatoms. The molecule has 0 saturated carbocycles. The first-order valence-electron chi connectivity index (χ1n) is 6.50. The standard InChI is InChI=1S/C14H20N2O3S/c1-14(2,20(3,18)19)13(17)16-8-7-10-5-4-6-12(15)11(10)9-16/h4-6H,7-9,15H2,1-3H3. The maximum absolute atomic E-state index is 12.5. The molecule has 0 atom stereocenters. The van der Waals surface area contributed by atoms with Crippen molar-refractivity contribution >= 4 is 21.4 Å². The van der Waals surface area contributed by atoms with Crippen LogP contribution < -0.4 is 5.73 Å². The van der Waals surface area contributed by atoms with Crippen LogP contribution in [-0.4, -0.2) is 36.8 Å². The number of nitrogens with zero attached hydrogens (tertiary/aromatic N) is 1. The molecule has 1 aliphatic rings. The summed E-state index contributed by atoms with van der Waals surface area (Å²) in [5, 5.41) is 0. The van der Waals surface area contributed by atoms with Crippen molar-refractivity contribution in [3.05, 3.63) is 29.3 Å². The van der Waals surface area contributed by atoms with Gasteiger partial charge in [0.25, 0.3) is 0 Å². The number of nitrogen functional groups attached to an aromatic ring is 1. The van der Waals surface area contributed by atoms with Crippen molar-refractivity contribution in [1.82, 2.24) is 4.90 Å². The Labute approximate surface area is 119 Å². The smallest absolute Gasteiger partial charge is 0.243 e. The molecule has 2 rings (SSSR count). The highest BCUT2D eigenvalue weighted by molar-refractivity contribution is 7.92. The number of nitrogens with two attached hydrogens (primary N) is 1. The minimum absolute atomic E-state index is 0.367. The van der Waals surface area contributed by atoms with Gasteiger partial charge in [-0.2, -0.15) is 0 Å². The number of hydrogen-bond donors (Lipinski definition) is 1. The van der Waals surface area contributed by atoms with Crippen molar-refractivity contribution in [3.8, 4) is 0 Å². The summed E-state index contributed by atoms with van der Waals surface area (Å²) in [6, 6.07) is 5.69. The van der Waals surface area contributed by atoms with Crippen LogP contribution in [0.15, 0.2) is 18.2 Å². The average molecular weight is 296 g/mol. The zero-order chi connectivity index (χ0) is 15.1. The Morgan fingerprint density at radius 3 is 2.60 bits per heavy atom. The Kier molecular flexibility index (Phi) is 3.54. The molecular formula is C14H20N2O3S. The number of sulfone groups is 1. The Morgan fingerprint density at radius 1 is 1.35 bits per heavy atom. The van der Waals surface area contributed by atoms with E-state index in [-0.39, 0.29) is 5.91 Å². The molecule has 0 saturated heterocycles. The van der Waals surface area contributed by atoms with Crippen LogP contribution in [-0.2, 0) is 27.6 Å². The molecule has 1 aliphatic heterocycles. The highest BCUT2D eigenvalue weighted by atomic mass is 32.2. The number of hydrogen-bond acceptors (Lipinski definition) is 4. The Morgan fingerprint density at radius 2 is 2.00 bits per heavy atom. The lowest BCUT2D eigenvalue weighted by atomic mass is 9.97. The lowest BCUT2D eigenvalue weighted by Gasteiger charge is -2.34. The van der Waals surface area contributed by atoms with Gasteiger partial charge in [0.05, 0.1) is 0 Å². The van der Waals surface area contributed by atoms with E-state index in [1.165, 1.54) is 13.8 Å². The third-order valence-electron chi connectivity index (χ3n) is 4.04. The number of anilines is 1. The molecule has 0 fully saturated rings. The van der Waals surface area contributed by atoms with Gasteiger partial charge in [0.15, 0.2) is 9.84 Å². The van der Waals surface area contributed by atoms with Gasteiger partial charge in [-0.15, -0.1) is 0 Å². The number of fused-ring (bicyclic) bond motifs is 1. The van der Waals surface area contributed by atoms with Gasteiger partial charge < -0.3 is 10.6 Å². The third kappa shape index (κ3) is 2.40. The van der Waals surface area contributed by atoms with Gasteiger partial charge in [-0.1, -0.05) is 12.1 Å². The number of benzene rings is 1. The van der Waals surface area contributed by atoms with Crippen molar-refractivity contribution < 1.29 is 13.2 Å². The van der Waals surface area contributed by atoms with Gasteiger partial charge >= 0.3 is 0 Å². The fourth-order valence-corrected chi connectivity index (χ4v) is 2.77. The molecule has 0 bridgehead atoms. The second-order valence-electron chi connectivity index (χ2n) is 5.74. The van der Waals surface area contributed by atoms with Crippen LogP contribution in [0.2, 0.25) is 0 Å².